The van der Waals surface area contributed by atoms with Gasteiger partial charge in [-0.25, -0.2) is 0 Å². The van der Waals surface area contributed by atoms with Crippen molar-refractivity contribution < 1.29 is 9.63 Å². The molecule has 0 aromatic carbocycles. The molecule has 2 heterocycles. The Morgan fingerprint density at radius 2 is 2.54 bits per heavy atom. The van der Waals surface area contributed by atoms with Gasteiger partial charge < -0.3 is 14.9 Å². The molecule has 13 heavy (non-hydrogen) atoms. The van der Waals surface area contributed by atoms with Crippen LogP contribution in [0.15, 0.2) is 10.6 Å². The molecule has 1 aliphatic rings. The van der Waals surface area contributed by atoms with Crippen LogP contribution in [-0.4, -0.2) is 29.5 Å². The molecule has 0 aliphatic carbocycles. The zero-order chi connectivity index (χ0) is 9.26. The van der Waals surface area contributed by atoms with Gasteiger partial charge in [0.2, 0.25) is 0 Å². The molecule has 4 nitrogen and oxygen atoms in total. The van der Waals surface area contributed by atoms with Crippen LogP contribution >= 0.6 is 0 Å². The van der Waals surface area contributed by atoms with E-state index in [9.17, 15) is 5.11 Å². The summed E-state index contributed by atoms with van der Waals surface area (Å²) in [7, 11) is 0. The maximum Gasteiger partial charge on any atom is 0.137 e. The summed E-state index contributed by atoms with van der Waals surface area (Å²) in [5, 5.41) is 16.5. The number of nitrogens with one attached hydrogen (secondary N) is 1. The Hall–Kier alpha value is -0.870. The molecular weight excluding hydrogens is 168 g/mol. The summed E-state index contributed by atoms with van der Waals surface area (Å²) in [6.45, 7) is 3.45. The van der Waals surface area contributed by atoms with E-state index in [2.05, 4.69) is 10.5 Å². The Balaban J connectivity index is 1.97. The SMILES string of the molecule is Cc1cc(C[C@@H]2CNC[C@@H]2O)on1. The zero-order valence-corrected chi connectivity index (χ0v) is 7.66. The van der Waals surface area contributed by atoms with Crippen molar-refractivity contribution in [1.82, 2.24) is 10.5 Å². The highest BCUT2D eigenvalue weighted by molar-refractivity contribution is 5.05. The summed E-state index contributed by atoms with van der Waals surface area (Å²) in [4.78, 5) is 0. The van der Waals surface area contributed by atoms with Crippen LogP contribution in [0.3, 0.4) is 0 Å². The summed E-state index contributed by atoms with van der Waals surface area (Å²) in [6, 6.07) is 1.92. The Labute approximate surface area is 76.9 Å². The fourth-order valence-electron chi connectivity index (χ4n) is 1.70. The Bertz CT molecular complexity index is 285. The van der Waals surface area contributed by atoms with Crippen molar-refractivity contribution in [1.29, 1.82) is 0 Å². The third kappa shape index (κ3) is 1.89. The molecule has 2 atom stereocenters. The predicted octanol–water partition coefficient (Wildman–Crippen LogP) is 0.106. The van der Waals surface area contributed by atoms with Gasteiger partial charge in [-0.05, 0) is 6.92 Å². The molecule has 1 aromatic rings. The number of nitrogens with zero attached hydrogens (tertiary/aromatic N) is 1. The largest absolute Gasteiger partial charge is 0.391 e. The second-order valence-corrected chi connectivity index (χ2v) is 3.62. The summed E-state index contributed by atoms with van der Waals surface area (Å²) < 4.78 is 5.09. The van der Waals surface area contributed by atoms with Gasteiger partial charge in [0.15, 0.2) is 0 Å². The van der Waals surface area contributed by atoms with E-state index in [0.29, 0.717) is 6.54 Å². The zero-order valence-electron chi connectivity index (χ0n) is 7.66. The molecule has 1 saturated heterocycles. The average Bonchev–Trinajstić information content (AvgIpc) is 2.64. The Morgan fingerprint density at radius 1 is 1.69 bits per heavy atom. The van der Waals surface area contributed by atoms with Gasteiger partial charge in [-0.3, -0.25) is 0 Å². The van der Waals surface area contributed by atoms with E-state index in [1.54, 1.807) is 0 Å². The normalized spacial score (nSPS) is 28.2. The first-order valence-electron chi connectivity index (χ1n) is 4.56. The highest BCUT2D eigenvalue weighted by Crippen LogP contribution is 2.16. The van der Waals surface area contributed by atoms with E-state index in [1.807, 2.05) is 13.0 Å². The lowest BCUT2D eigenvalue weighted by Crippen LogP contribution is -2.19. The number of aliphatic hydroxyl groups is 1. The van der Waals surface area contributed by atoms with Gasteiger partial charge in [-0.2, -0.15) is 0 Å². The van der Waals surface area contributed by atoms with Gasteiger partial charge in [-0.1, -0.05) is 5.16 Å². The van der Waals surface area contributed by atoms with E-state index in [4.69, 9.17) is 4.52 Å². The molecule has 1 aliphatic heterocycles. The molecule has 4 heteroatoms. The van der Waals surface area contributed by atoms with Gasteiger partial charge >= 0.3 is 0 Å². The molecule has 2 N–H and O–H groups in total. The summed E-state index contributed by atoms with van der Waals surface area (Å²) in [6.07, 6.45) is 0.528. The van der Waals surface area contributed by atoms with Crippen LogP contribution in [-0.2, 0) is 6.42 Å². The minimum absolute atomic E-state index is 0.245. The fraction of sp³-hybridized carbons (Fsp3) is 0.667. The maximum atomic E-state index is 9.53. The second-order valence-electron chi connectivity index (χ2n) is 3.62. The van der Waals surface area contributed by atoms with Gasteiger partial charge in [0, 0.05) is 31.5 Å². The molecule has 0 bridgehead atoms. The van der Waals surface area contributed by atoms with Crippen molar-refractivity contribution >= 4 is 0 Å². The number of β-amino-alcohol motifs (C(OH)–C–C–N with tert-alkyl or cyclic N) is 1. The number of aliphatic hydroxyl groups excluding tert-OH is 1. The van der Waals surface area contributed by atoms with Crippen molar-refractivity contribution in [2.45, 2.75) is 19.4 Å². The lowest BCUT2D eigenvalue weighted by molar-refractivity contribution is 0.143. The second kappa shape index (κ2) is 3.47. The third-order valence-corrected chi connectivity index (χ3v) is 2.44. The van der Waals surface area contributed by atoms with Gasteiger partial charge in [-0.15, -0.1) is 0 Å². The smallest absolute Gasteiger partial charge is 0.137 e. The molecule has 0 radical (unpaired) electrons. The summed E-state index contributed by atoms with van der Waals surface area (Å²) in [5.41, 5.74) is 0.899. The van der Waals surface area contributed by atoms with Crippen LogP contribution in [0.5, 0.6) is 0 Å². The number of aryl methyl sites for hydroxylation is 1. The van der Waals surface area contributed by atoms with Crippen molar-refractivity contribution in [3.63, 3.8) is 0 Å². The van der Waals surface area contributed by atoms with Crippen LogP contribution in [0, 0.1) is 12.8 Å². The molecular formula is C9H14N2O2. The molecule has 0 amide bonds. The third-order valence-electron chi connectivity index (χ3n) is 2.44. The predicted molar refractivity (Wildman–Crippen MR) is 47.3 cm³/mol. The fourth-order valence-corrected chi connectivity index (χ4v) is 1.70. The molecule has 0 saturated carbocycles. The molecule has 1 fully saturated rings. The summed E-state index contributed by atoms with van der Waals surface area (Å²) in [5.74, 6) is 1.14. The van der Waals surface area contributed by atoms with Crippen molar-refractivity contribution in [2.75, 3.05) is 13.1 Å². The molecule has 1 aromatic heterocycles. The van der Waals surface area contributed by atoms with E-state index in [0.717, 1.165) is 24.4 Å². The quantitative estimate of drug-likeness (QED) is 0.681. The van der Waals surface area contributed by atoms with Gasteiger partial charge in [0.25, 0.3) is 0 Å². The average molecular weight is 182 g/mol. The molecule has 0 unspecified atom stereocenters. The number of hydrogen-bond acceptors (Lipinski definition) is 4. The molecule has 0 spiro atoms. The number of aromatic nitrogens is 1. The lowest BCUT2D eigenvalue weighted by Gasteiger charge is -2.09. The van der Waals surface area contributed by atoms with E-state index < -0.39 is 0 Å². The first-order chi connectivity index (χ1) is 6.25. The highest BCUT2D eigenvalue weighted by atomic mass is 16.5. The van der Waals surface area contributed by atoms with E-state index >= 15 is 0 Å². The topological polar surface area (TPSA) is 58.3 Å². The minimum Gasteiger partial charge on any atom is -0.391 e. The van der Waals surface area contributed by atoms with Crippen LogP contribution in [0.1, 0.15) is 11.5 Å². The summed E-state index contributed by atoms with van der Waals surface area (Å²) >= 11 is 0. The standard InChI is InChI=1S/C9H14N2O2/c1-6-2-8(13-11-6)3-7-4-10-5-9(7)12/h2,7,9-10,12H,3-5H2,1H3/t7-,9+/m1/s1. The Kier molecular flexibility index (Phi) is 2.33. The van der Waals surface area contributed by atoms with Crippen molar-refractivity contribution in [3.05, 3.63) is 17.5 Å². The van der Waals surface area contributed by atoms with Crippen molar-refractivity contribution in [3.8, 4) is 0 Å². The first kappa shape index (κ1) is 8.72. The van der Waals surface area contributed by atoms with Gasteiger partial charge in [0.05, 0.1) is 11.8 Å². The first-order valence-corrected chi connectivity index (χ1v) is 4.56. The highest BCUT2D eigenvalue weighted by Gasteiger charge is 2.26. The monoisotopic (exact) mass is 182 g/mol. The minimum atomic E-state index is -0.245. The number of hydrogen-bond donors (Lipinski definition) is 2. The Morgan fingerprint density at radius 3 is 3.08 bits per heavy atom. The van der Waals surface area contributed by atoms with Crippen LogP contribution < -0.4 is 5.32 Å². The maximum absolute atomic E-state index is 9.53. The van der Waals surface area contributed by atoms with Crippen LogP contribution in [0.4, 0.5) is 0 Å². The number of rotatable bonds is 2. The van der Waals surface area contributed by atoms with Crippen molar-refractivity contribution in [2.24, 2.45) is 5.92 Å². The van der Waals surface area contributed by atoms with E-state index in [-0.39, 0.29) is 12.0 Å². The van der Waals surface area contributed by atoms with Crippen LogP contribution in [0.25, 0.3) is 0 Å². The molecule has 2 rings (SSSR count). The van der Waals surface area contributed by atoms with E-state index in [1.165, 1.54) is 0 Å². The van der Waals surface area contributed by atoms with Gasteiger partial charge in [0.1, 0.15) is 5.76 Å². The molecule has 72 valence electrons. The lowest BCUT2D eigenvalue weighted by atomic mass is 10.0. The van der Waals surface area contributed by atoms with Crippen LogP contribution in [0.2, 0.25) is 0 Å².